The molecular formula is C9H13N3O5. The topological polar surface area (TPSA) is 98.8 Å². The fourth-order valence-corrected chi connectivity index (χ4v) is 1.51. The summed E-state index contributed by atoms with van der Waals surface area (Å²) in [7, 11) is 0. The Labute approximate surface area is 97.5 Å². The minimum Gasteiger partial charge on any atom is -0.349 e. The predicted molar refractivity (Wildman–Crippen MR) is 57.9 cm³/mol. The van der Waals surface area contributed by atoms with Gasteiger partial charge in [-0.15, -0.1) is 0 Å². The smallest absolute Gasteiger partial charge is 0.302 e. The van der Waals surface area contributed by atoms with E-state index in [1.807, 2.05) is 0 Å². The first-order valence-corrected chi connectivity index (χ1v) is 5.10. The zero-order valence-electron chi connectivity index (χ0n) is 9.53. The zero-order valence-corrected chi connectivity index (χ0v) is 9.53. The maximum Gasteiger partial charge on any atom is 0.302 e. The van der Waals surface area contributed by atoms with Crippen molar-refractivity contribution >= 4 is 0 Å². The van der Waals surface area contributed by atoms with Crippen LogP contribution in [-0.2, 0) is 4.74 Å². The minimum atomic E-state index is -0.872. The molecule has 0 saturated carbocycles. The van der Waals surface area contributed by atoms with Crippen LogP contribution in [0.1, 0.15) is 13.8 Å². The molecule has 1 rings (SSSR count). The lowest BCUT2D eigenvalue weighted by Crippen LogP contribution is -2.40. The summed E-state index contributed by atoms with van der Waals surface area (Å²) < 4.78 is 5.24. The summed E-state index contributed by atoms with van der Waals surface area (Å²) >= 11 is 0. The molecule has 0 radical (unpaired) electrons. The molecule has 1 atom stereocenters. The van der Waals surface area contributed by atoms with Gasteiger partial charge in [-0.2, -0.15) is 0 Å². The van der Waals surface area contributed by atoms with Crippen molar-refractivity contribution in [3.8, 4) is 0 Å². The van der Waals surface area contributed by atoms with E-state index in [9.17, 15) is 20.2 Å². The Morgan fingerprint density at radius 3 is 2.41 bits per heavy atom. The molecule has 8 nitrogen and oxygen atoms in total. The SMILES string of the molecule is CCOC1C([N+](=O)[O-])=CC([N+](=O)[O-])=CN1CC. The number of rotatable bonds is 5. The maximum atomic E-state index is 10.9. The van der Waals surface area contributed by atoms with Crippen molar-refractivity contribution in [2.45, 2.75) is 20.1 Å². The van der Waals surface area contributed by atoms with Crippen LogP contribution in [0.5, 0.6) is 0 Å². The first-order chi connectivity index (χ1) is 8.01. The highest BCUT2D eigenvalue weighted by Crippen LogP contribution is 2.22. The summed E-state index contributed by atoms with van der Waals surface area (Å²) in [5.41, 5.74) is -0.627. The third kappa shape index (κ3) is 2.78. The Morgan fingerprint density at radius 1 is 1.35 bits per heavy atom. The molecule has 1 heterocycles. The van der Waals surface area contributed by atoms with E-state index in [1.165, 1.54) is 11.1 Å². The van der Waals surface area contributed by atoms with E-state index in [-0.39, 0.29) is 18.0 Å². The Hall–Kier alpha value is -1.96. The van der Waals surface area contributed by atoms with E-state index < -0.39 is 16.1 Å². The molecule has 1 unspecified atom stereocenters. The van der Waals surface area contributed by atoms with Gasteiger partial charge in [0.1, 0.15) is 0 Å². The van der Waals surface area contributed by atoms with Crippen LogP contribution in [0.4, 0.5) is 0 Å². The van der Waals surface area contributed by atoms with Crippen LogP contribution < -0.4 is 0 Å². The second-order valence-corrected chi connectivity index (χ2v) is 3.28. The molecule has 0 saturated heterocycles. The maximum absolute atomic E-state index is 10.9. The fourth-order valence-electron chi connectivity index (χ4n) is 1.51. The molecule has 0 aromatic rings. The van der Waals surface area contributed by atoms with E-state index in [1.54, 1.807) is 13.8 Å². The van der Waals surface area contributed by atoms with Crippen LogP contribution in [-0.4, -0.2) is 34.1 Å². The number of nitrogens with zero attached hydrogens (tertiary/aromatic N) is 3. The highest BCUT2D eigenvalue weighted by molar-refractivity contribution is 5.21. The van der Waals surface area contributed by atoms with Crippen molar-refractivity contribution < 1.29 is 14.6 Å². The molecule has 17 heavy (non-hydrogen) atoms. The minimum absolute atomic E-state index is 0.286. The van der Waals surface area contributed by atoms with Gasteiger partial charge in [0.05, 0.1) is 22.1 Å². The first kappa shape index (κ1) is 13.1. The number of allylic oxidation sites excluding steroid dienone is 1. The van der Waals surface area contributed by atoms with E-state index >= 15 is 0 Å². The van der Waals surface area contributed by atoms with Gasteiger partial charge < -0.3 is 9.64 Å². The second kappa shape index (κ2) is 5.39. The lowest BCUT2D eigenvalue weighted by molar-refractivity contribution is -0.451. The molecule has 0 bridgehead atoms. The average molecular weight is 243 g/mol. The van der Waals surface area contributed by atoms with Crippen LogP contribution in [0.15, 0.2) is 23.7 Å². The summed E-state index contributed by atoms with van der Waals surface area (Å²) in [5, 5.41) is 21.5. The summed E-state index contributed by atoms with van der Waals surface area (Å²) in [6.45, 7) is 4.11. The monoisotopic (exact) mass is 243 g/mol. The average Bonchev–Trinajstić information content (AvgIpc) is 2.28. The first-order valence-electron chi connectivity index (χ1n) is 5.10. The van der Waals surface area contributed by atoms with Crippen LogP contribution >= 0.6 is 0 Å². The van der Waals surface area contributed by atoms with Crippen LogP contribution in [0, 0.1) is 20.2 Å². The summed E-state index contributed by atoms with van der Waals surface area (Å²) in [5.74, 6) is 0. The van der Waals surface area contributed by atoms with Gasteiger partial charge in [-0.3, -0.25) is 20.2 Å². The lowest BCUT2D eigenvalue weighted by atomic mass is 10.2. The second-order valence-electron chi connectivity index (χ2n) is 3.28. The van der Waals surface area contributed by atoms with Crippen molar-refractivity contribution in [1.29, 1.82) is 0 Å². The van der Waals surface area contributed by atoms with Gasteiger partial charge in [-0.25, -0.2) is 0 Å². The van der Waals surface area contributed by atoms with Gasteiger partial charge in [-0.1, -0.05) is 0 Å². The quantitative estimate of drug-likeness (QED) is 0.526. The molecule has 1 aliphatic rings. The van der Waals surface area contributed by atoms with E-state index in [4.69, 9.17) is 4.74 Å². The standard InChI is InChI=1S/C9H13N3O5/c1-3-10-6-7(11(13)14)5-8(12(15)16)9(10)17-4-2/h5-6,9H,3-4H2,1-2H3. The number of likely N-dealkylation sites (N-methyl/N-ethyl adjacent to an activating group) is 1. The Morgan fingerprint density at radius 2 is 2.00 bits per heavy atom. The Kier molecular flexibility index (Phi) is 4.16. The normalized spacial score (nSPS) is 19.6. The van der Waals surface area contributed by atoms with Gasteiger partial charge in [-0.05, 0) is 13.8 Å². The van der Waals surface area contributed by atoms with E-state index in [0.717, 1.165) is 6.08 Å². The Balaban J connectivity index is 3.12. The van der Waals surface area contributed by atoms with Crippen molar-refractivity contribution in [3.05, 3.63) is 43.9 Å². The molecule has 0 amide bonds. The largest absolute Gasteiger partial charge is 0.349 e. The molecule has 0 fully saturated rings. The van der Waals surface area contributed by atoms with Crippen LogP contribution in [0.3, 0.4) is 0 Å². The van der Waals surface area contributed by atoms with Crippen LogP contribution in [0.2, 0.25) is 0 Å². The molecular weight excluding hydrogens is 230 g/mol. The van der Waals surface area contributed by atoms with Gasteiger partial charge in [0.2, 0.25) is 6.23 Å². The molecule has 0 aromatic carbocycles. The summed E-state index contributed by atoms with van der Waals surface area (Å²) in [6.07, 6.45) is 1.32. The predicted octanol–water partition coefficient (Wildman–Crippen LogP) is 0.963. The van der Waals surface area contributed by atoms with Crippen molar-refractivity contribution in [3.63, 3.8) is 0 Å². The summed E-state index contributed by atoms with van der Waals surface area (Å²) in [6, 6.07) is 0. The van der Waals surface area contributed by atoms with Gasteiger partial charge >= 0.3 is 5.70 Å². The van der Waals surface area contributed by atoms with Gasteiger partial charge in [0.15, 0.2) is 0 Å². The molecule has 8 heteroatoms. The highest BCUT2D eigenvalue weighted by Gasteiger charge is 2.36. The number of nitro groups is 2. The molecule has 0 spiro atoms. The number of ether oxygens (including phenoxy) is 1. The highest BCUT2D eigenvalue weighted by atomic mass is 16.6. The summed E-state index contributed by atoms with van der Waals surface area (Å²) in [4.78, 5) is 21.6. The number of hydrogen-bond acceptors (Lipinski definition) is 6. The lowest BCUT2D eigenvalue weighted by Gasteiger charge is -2.28. The Bertz CT molecular complexity index is 390. The van der Waals surface area contributed by atoms with Crippen molar-refractivity contribution in [2.24, 2.45) is 0 Å². The van der Waals surface area contributed by atoms with Crippen molar-refractivity contribution in [1.82, 2.24) is 4.90 Å². The van der Waals surface area contributed by atoms with E-state index in [0.29, 0.717) is 6.54 Å². The van der Waals surface area contributed by atoms with Gasteiger partial charge in [0.25, 0.3) is 5.70 Å². The fraction of sp³-hybridized carbons (Fsp3) is 0.556. The zero-order chi connectivity index (χ0) is 13.0. The van der Waals surface area contributed by atoms with Crippen LogP contribution in [0.25, 0.3) is 0 Å². The molecule has 0 aromatic heterocycles. The third-order valence-electron chi connectivity index (χ3n) is 2.26. The molecule has 94 valence electrons. The molecule has 0 N–H and O–H groups in total. The molecule has 1 aliphatic heterocycles. The third-order valence-corrected chi connectivity index (χ3v) is 2.26. The molecule has 0 aliphatic carbocycles. The number of hydrogen-bond donors (Lipinski definition) is 0. The van der Waals surface area contributed by atoms with E-state index in [2.05, 4.69) is 0 Å². The van der Waals surface area contributed by atoms with Crippen molar-refractivity contribution in [2.75, 3.05) is 13.2 Å². The van der Waals surface area contributed by atoms with Gasteiger partial charge in [0, 0.05) is 13.2 Å².